The van der Waals surface area contributed by atoms with Gasteiger partial charge in [0, 0.05) is 43.7 Å². The van der Waals surface area contributed by atoms with Gasteiger partial charge in [-0.05, 0) is 39.8 Å². The van der Waals surface area contributed by atoms with Crippen LogP contribution in [0.3, 0.4) is 0 Å². The minimum atomic E-state index is 0. The number of likely N-dealkylation sites (tertiary alicyclic amines) is 1. The molecule has 22 heavy (non-hydrogen) atoms. The minimum absolute atomic E-state index is 0. The molecule has 1 unspecified atom stereocenters. The predicted octanol–water partition coefficient (Wildman–Crippen LogP) is 2.12. The van der Waals surface area contributed by atoms with E-state index < -0.39 is 0 Å². The first kappa shape index (κ1) is 19.6. The summed E-state index contributed by atoms with van der Waals surface area (Å²) < 4.78 is 0. The lowest BCUT2D eigenvalue weighted by atomic mass is 10.1. The number of aliphatic imine (C=N–C) groups is 1. The summed E-state index contributed by atoms with van der Waals surface area (Å²) in [6.45, 7) is 9.25. The predicted molar refractivity (Wildman–Crippen MR) is 106 cm³/mol. The van der Waals surface area contributed by atoms with Gasteiger partial charge in [-0.2, -0.15) is 0 Å². The topological polar surface area (TPSA) is 52.6 Å². The zero-order valence-corrected chi connectivity index (χ0v) is 16.9. The molecule has 2 N–H and O–H groups in total. The molecule has 1 aliphatic rings. The summed E-state index contributed by atoms with van der Waals surface area (Å²) in [5, 5.41) is 7.91. The van der Waals surface area contributed by atoms with Gasteiger partial charge in [-0.3, -0.25) is 4.99 Å². The Balaban J connectivity index is 0.00000242. The summed E-state index contributed by atoms with van der Waals surface area (Å²) in [4.78, 5) is 12.8. The Bertz CT molecular complexity index is 463. The number of hydrogen-bond donors (Lipinski definition) is 2. The molecule has 5 nitrogen and oxygen atoms in total. The lowest BCUT2D eigenvalue weighted by Crippen LogP contribution is -2.38. The molecule has 1 saturated heterocycles. The van der Waals surface area contributed by atoms with Crippen LogP contribution >= 0.6 is 35.3 Å². The van der Waals surface area contributed by atoms with Crippen molar-refractivity contribution in [3.8, 4) is 0 Å². The maximum absolute atomic E-state index is 4.72. The van der Waals surface area contributed by atoms with Gasteiger partial charge in [0.25, 0.3) is 0 Å². The zero-order valence-electron chi connectivity index (χ0n) is 13.8. The van der Waals surface area contributed by atoms with Gasteiger partial charge in [0.15, 0.2) is 5.96 Å². The molecule has 126 valence electrons. The van der Waals surface area contributed by atoms with E-state index >= 15 is 0 Å². The molecule has 0 saturated carbocycles. The lowest BCUT2D eigenvalue weighted by Gasteiger charge is -2.12. The van der Waals surface area contributed by atoms with E-state index in [4.69, 9.17) is 4.99 Å². The van der Waals surface area contributed by atoms with Crippen LogP contribution in [-0.2, 0) is 6.42 Å². The Hall–Kier alpha value is -0.410. The first-order valence-corrected chi connectivity index (χ1v) is 8.61. The molecule has 1 fully saturated rings. The highest BCUT2D eigenvalue weighted by atomic mass is 127. The average Bonchev–Trinajstić information content (AvgIpc) is 3.05. The molecule has 0 radical (unpaired) electrons. The SMILES string of the molecule is CCNC(=NCC1CCN(C)C1)NCCc1ncc(C)s1.I. The third kappa shape index (κ3) is 6.78. The molecule has 1 atom stereocenters. The second-order valence-electron chi connectivity index (χ2n) is 5.68. The number of hydrogen-bond acceptors (Lipinski definition) is 4. The fraction of sp³-hybridized carbons (Fsp3) is 0.733. The molecule has 0 bridgehead atoms. The lowest BCUT2D eigenvalue weighted by molar-refractivity contribution is 0.397. The Morgan fingerprint density at radius 2 is 2.32 bits per heavy atom. The van der Waals surface area contributed by atoms with Crippen molar-refractivity contribution >= 4 is 41.3 Å². The second kappa shape index (κ2) is 10.4. The van der Waals surface area contributed by atoms with E-state index in [9.17, 15) is 0 Å². The average molecular weight is 437 g/mol. The highest BCUT2D eigenvalue weighted by Crippen LogP contribution is 2.14. The van der Waals surface area contributed by atoms with Crippen LogP contribution in [0.15, 0.2) is 11.2 Å². The molecule has 0 spiro atoms. The van der Waals surface area contributed by atoms with Crippen LogP contribution in [0.5, 0.6) is 0 Å². The van der Waals surface area contributed by atoms with Crippen LogP contribution in [0.1, 0.15) is 23.2 Å². The van der Waals surface area contributed by atoms with E-state index in [1.807, 2.05) is 6.20 Å². The summed E-state index contributed by atoms with van der Waals surface area (Å²) in [7, 11) is 2.18. The number of nitrogens with zero attached hydrogens (tertiary/aromatic N) is 3. The molecule has 1 aromatic heterocycles. The maximum Gasteiger partial charge on any atom is 0.191 e. The van der Waals surface area contributed by atoms with Gasteiger partial charge >= 0.3 is 0 Å². The first-order chi connectivity index (χ1) is 10.2. The van der Waals surface area contributed by atoms with Gasteiger partial charge in [0.1, 0.15) is 0 Å². The van der Waals surface area contributed by atoms with Crippen LogP contribution in [0, 0.1) is 12.8 Å². The molecule has 2 rings (SSSR count). The zero-order chi connectivity index (χ0) is 15.1. The van der Waals surface area contributed by atoms with E-state index in [-0.39, 0.29) is 24.0 Å². The molecule has 2 heterocycles. The monoisotopic (exact) mass is 437 g/mol. The van der Waals surface area contributed by atoms with Crippen molar-refractivity contribution in [1.82, 2.24) is 20.5 Å². The fourth-order valence-corrected chi connectivity index (χ4v) is 3.33. The summed E-state index contributed by atoms with van der Waals surface area (Å²) >= 11 is 1.77. The molecular formula is C15H28IN5S. The van der Waals surface area contributed by atoms with Crippen LogP contribution in [0.25, 0.3) is 0 Å². The maximum atomic E-state index is 4.72. The highest BCUT2D eigenvalue weighted by Gasteiger charge is 2.18. The van der Waals surface area contributed by atoms with Gasteiger partial charge in [-0.25, -0.2) is 4.98 Å². The number of aryl methyl sites for hydroxylation is 1. The van der Waals surface area contributed by atoms with Crippen molar-refractivity contribution < 1.29 is 0 Å². The van der Waals surface area contributed by atoms with Crippen molar-refractivity contribution in [2.24, 2.45) is 10.9 Å². The van der Waals surface area contributed by atoms with E-state index in [2.05, 4.69) is 41.4 Å². The Morgan fingerprint density at radius 3 is 2.91 bits per heavy atom. The summed E-state index contributed by atoms with van der Waals surface area (Å²) in [6.07, 6.45) is 4.16. The summed E-state index contributed by atoms with van der Waals surface area (Å²) in [5.41, 5.74) is 0. The van der Waals surface area contributed by atoms with Crippen molar-refractivity contribution in [2.45, 2.75) is 26.7 Å². The van der Waals surface area contributed by atoms with Gasteiger partial charge < -0.3 is 15.5 Å². The largest absolute Gasteiger partial charge is 0.357 e. The fourth-order valence-electron chi connectivity index (χ4n) is 2.54. The molecule has 0 aliphatic carbocycles. The quantitative estimate of drug-likeness (QED) is 0.407. The van der Waals surface area contributed by atoms with E-state index in [0.717, 1.165) is 32.0 Å². The number of thiazole rings is 1. The van der Waals surface area contributed by atoms with Crippen LogP contribution < -0.4 is 10.6 Å². The third-order valence-corrected chi connectivity index (χ3v) is 4.61. The molecule has 1 aromatic rings. The van der Waals surface area contributed by atoms with Gasteiger partial charge in [-0.1, -0.05) is 0 Å². The summed E-state index contributed by atoms with van der Waals surface area (Å²) in [5.74, 6) is 1.63. The van der Waals surface area contributed by atoms with Crippen molar-refractivity contribution in [1.29, 1.82) is 0 Å². The molecular weight excluding hydrogens is 409 g/mol. The van der Waals surface area contributed by atoms with Crippen molar-refractivity contribution in [2.75, 3.05) is 39.8 Å². The highest BCUT2D eigenvalue weighted by molar-refractivity contribution is 14.0. The number of aromatic nitrogens is 1. The summed E-state index contributed by atoms with van der Waals surface area (Å²) in [6, 6.07) is 0. The first-order valence-electron chi connectivity index (χ1n) is 7.79. The van der Waals surface area contributed by atoms with Crippen LogP contribution in [-0.4, -0.2) is 55.6 Å². The van der Waals surface area contributed by atoms with E-state index in [1.54, 1.807) is 11.3 Å². The van der Waals surface area contributed by atoms with Crippen LogP contribution in [0.2, 0.25) is 0 Å². The molecule has 7 heteroatoms. The number of nitrogens with one attached hydrogen (secondary N) is 2. The molecule has 1 aliphatic heterocycles. The molecule has 0 amide bonds. The second-order valence-corrected chi connectivity index (χ2v) is 7.00. The number of rotatable bonds is 6. The molecule has 0 aromatic carbocycles. The normalized spacial score (nSPS) is 19.0. The standard InChI is InChI=1S/C15H27N5S.HI/c1-4-16-15(19-10-13-6-8-20(3)11-13)17-7-5-14-18-9-12(2)21-14;/h9,13H,4-8,10-11H2,1-3H3,(H2,16,17,19);1H. The van der Waals surface area contributed by atoms with Crippen molar-refractivity contribution in [3.63, 3.8) is 0 Å². The van der Waals surface area contributed by atoms with Gasteiger partial charge in [0.05, 0.1) is 5.01 Å². The smallest absolute Gasteiger partial charge is 0.191 e. The minimum Gasteiger partial charge on any atom is -0.357 e. The van der Waals surface area contributed by atoms with Crippen LogP contribution in [0.4, 0.5) is 0 Å². The van der Waals surface area contributed by atoms with Gasteiger partial charge in [0.2, 0.25) is 0 Å². The third-order valence-electron chi connectivity index (χ3n) is 3.64. The van der Waals surface area contributed by atoms with E-state index in [0.29, 0.717) is 5.92 Å². The number of halogens is 1. The van der Waals surface area contributed by atoms with Gasteiger partial charge in [-0.15, -0.1) is 35.3 Å². The Labute approximate surface area is 155 Å². The Morgan fingerprint density at radius 1 is 1.50 bits per heavy atom. The van der Waals surface area contributed by atoms with Crippen molar-refractivity contribution in [3.05, 3.63) is 16.1 Å². The Kier molecular flexibility index (Phi) is 9.27. The number of guanidine groups is 1. The van der Waals surface area contributed by atoms with E-state index in [1.165, 1.54) is 29.4 Å².